The van der Waals surface area contributed by atoms with Gasteiger partial charge in [-0.1, -0.05) is 32.1 Å². The second kappa shape index (κ2) is 10.7. The summed E-state index contributed by atoms with van der Waals surface area (Å²) < 4.78 is 0. The Morgan fingerprint density at radius 2 is 2.05 bits per heavy atom. The molecule has 1 aliphatic carbocycles. The fraction of sp³-hybridized carbons (Fsp3) is 0.556. The first-order valence-corrected chi connectivity index (χ1v) is 7.79. The molecule has 0 aliphatic heterocycles. The van der Waals surface area contributed by atoms with Crippen LogP contribution in [0.2, 0.25) is 0 Å². The second-order valence-electron chi connectivity index (χ2n) is 5.31. The number of rotatable bonds is 9. The molecule has 1 fully saturated rings. The highest BCUT2D eigenvalue weighted by Gasteiger charge is 2.33. The van der Waals surface area contributed by atoms with Crippen molar-refractivity contribution >= 4 is 5.97 Å². The lowest BCUT2D eigenvalue weighted by Gasteiger charge is -2.19. The zero-order valence-corrected chi connectivity index (χ0v) is 12.8. The van der Waals surface area contributed by atoms with E-state index in [4.69, 9.17) is 5.11 Å². The molecule has 5 radical (unpaired) electrons. The van der Waals surface area contributed by atoms with Gasteiger partial charge in [0.25, 0.3) is 0 Å². The van der Waals surface area contributed by atoms with Crippen LogP contribution in [-0.2, 0) is 4.79 Å². The molecule has 0 amide bonds. The number of hydrogen-bond donors (Lipinski definition) is 2. The van der Waals surface area contributed by atoms with Gasteiger partial charge in [0.1, 0.15) is 0 Å². The normalized spacial score (nSPS) is 17.4. The van der Waals surface area contributed by atoms with Gasteiger partial charge in [-0.15, -0.1) is 5.92 Å². The van der Waals surface area contributed by atoms with Crippen LogP contribution in [0.25, 0.3) is 0 Å². The summed E-state index contributed by atoms with van der Waals surface area (Å²) in [7, 11) is 0. The fourth-order valence-electron chi connectivity index (χ4n) is 2.24. The lowest BCUT2D eigenvalue weighted by Crippen LogP contribution is -2.20. The molecule has 0 aromatic heterocycles. The number of unbranched alkanes of at least 4 members (excludes halogenated alkanes) is 4. The Hall–Kier alpha value is -1.01. The molecule has 21 heavy (non-hydrogen) atoms. The van der Waals surface area contributed by atoms with Gasteiger partial charge in [0.15, 0.2) is 0 Å². The first-order valence-electron chi connectivity index (χ1n) is 7.79. The Bertz CT molecular complexity index is 353. The molecule has 0 heterocycles. The molecule has 2 N–H and O–H groups in total. The van der Waals surface area contributed by atoms with Crippen LogP contribution in [0.1, 0.15) is 58.3 Å². The standard InChI is InChI=1S/C18H25O3/c1-2-3-4-5-6-7-10-15-11-8-12-16(15)17(19)13-9-14-18(20)21/h8,11-12,17,19H,2-6,9,13-14H2,1H3,(H,20,21)/t17-/m0/s1. The van der Waals surface area contributed by atoms with Crippen LogP contribution in [0.3, 0.4) is 0 Å². The summed E-state index contributed by atoms with van der Waals surface area (Å²) >= 11 is 0. The number of carboxylic acids is 1. The van der Waals surface area contributed by atoms with Crippen LogP contribution in [0.5, 0.6) is 0 Å². The monoisotopic (exact) mass is 289 g/mol. The van der Waals surface area contributed by atoms with Gasteiger partial charge in [-0.25, -0.2) is 0 Å². The highest BCUT2D eigenvalue weighted by Crippen LogP contribution is 2.36. The van der Waals surface area contributed by atoms with E-state index in [1.54, 1.807) is 0 Å². The average Bonchev–Trinajstić information content (AvgIpc) is 2.90. The van der Waals surface area contributed by atoms with E-state index >= 15 is 0 Å². The van der Waals surface area contributed by atoms with Crippen molar-refractivity contribution in [2.24, 2.45) is 0 Å². The molecule has 3 nitrogen and oxygen atoms in total. The molecule has 0 aromatic rings. The smallest absolute Gasteiger partial charge is 0.303 e. The second-order valence-corrected chi connectivity index (χ2v) is 5.31. The third kappa shape index (κ3) is 7.52. The summed E-state index contributed by atoms with van der Waals surface area (Å²) in [6.07, 6.45) is 11.8. The zero-order valence-electron chi connectivity index (χ0n) is 12.8. The lowest BCUT2D eigenvalue weighted by molar-refractivity contribution is -0.137. The average molecular weight is 289 g/mol. The van der Waals surface area contributed by atoms with Crippen LogP contribution in [-0.4, -0.2) is 22.3 Å². The quantitative estimate of drug-likeness (QED) is 0.505. The van der Waals surface area contributed by atoms with Crippen molar-refractivity contribution < 1.29 is 15.0 Å². The van der Waals surface area contributed by atoms with Gasteiger partial charge in [0.05, 0.1) is 12.0 Å². The first-order chi connectivity index (χ1) is 10.1. The van der Waals surface area contributed by atoms with E-state index in [1.165, 1.54) is 19.3 Å². The van der Waals surface area contributed by atoms with Crippen molar-refractivity contribution in [3.05, 3.63) is 31.1 Å². The molecule has 0 saturated heterocycles. The Balaban J connectivity index is 2.29. The van der Waals surface area contributed by atoms with Gasteiger partial charge >= 0.3 is 5.97 Å². The van der Waals surface area contributed by atoms with Crippen LogP contribution < -0.4 is 0 Å². The summed E-state index contributed by atoms with van der Waals surface area (Å²) in [6, 6.07) is 0. The molecular weight excluding hydrogens is 264 g/mol. The van der Waals surface area contributed by atoms with E-state index in [0.29, 0.717) is 12.8 Å². The van der Waals surface area contributed by atoms with Crippen molar-refractivity contribution in [2.75, 3.05) is 0 Å². The zero-order chi connectivity index (χ0) is 15.5. The van der Waals surface area contributed by atoms with Crippen molar-refractivity contribution in [3.8, 4) is 11.8 Å². The molecule has 0 aromatic carbocycles. The number of aliphatic hydroxyl groups is 1. The summed E-state index contributed by atoms with van der Waals surface area (Å²) in [5.74, 6) is 7.15. The molecule has 0 unspecified atom stereocenters. The lowest BCUT2D eigenvalue weighted by atomic mass is 9.88. The Morgan fingerprint density at radius 1 is 1.24 bits per heavy atom. The van der Waals surface area contributed by atoms with Crippen molar-refractivity contribution in [1.82, 2.24) is 0 Å². The molecular formula is C18H25O3. The predicted octanol–water partition coefficient (Wildman–Crippen LogP) is 3.35. The van der Waals surface area contributed by atoms with E-state index in [9.17, 15) is 9.90 Å². The van der Waals surface area contributed by atoms with E-state index in [-0.39, 0.29) is 6.42 Å². The minimum absolute atomic E-state index is 0.0935. The Morgan fingerprint density at radius 3 is 2.76 bits per heavy atom. The van der Waals surface area contributed by atoms with Crippen molar-refractivity contribution in [1.29, 1.82) is 0 Å². The number of hydrogen-bond acceptors (Lipinski definition) is 2. The molecule has 1 rings (SSSR count). The van der Waals surface area contributed by atoms with E-state index in [2.05, 4.69) is 18.8 Å². The van der Waals surface area contributed by atoms with Crippen LogP contribution >= 0.6 is 0 Å². The fourth-order valence-corrected chi connectivity index (χ4v) is 2.24. The summed E-state index contributed by atoms with van der Waals surface area (Å²) in [4.78, 5) is 10.5. The van der Waals surface area contributed by atoms with Crippen molar-refractivity contribution in [2.45, 2.75) is 64.4 Å². The third-order valence-electron chi connectivity index (χ3n) is 3.46. The maximum Gasteiger partial charge on any atom is 0.303 e. The van der Waals surface area contributed by atoms with Crippen LogP contribution in [0, 0.1) is 42.9 Å². The Kier molecular flexibility index (Phi) is 9.17. The van der Waals surface area contributed by atoms with Gasteiger partial charge in [0, 0.05) is 18.8 Å². The summed E-state index contributed by atoms with van der Waals surface area (Å²) in [5.41, 5.74) is 0. The minimum Gasteiger partial charge on any atom is -0.481 e. The molecule has 0 spiro atoms. The van der Waals surface area contributed by atoms with Crippen LogP contribution in [0.4, 0.5) is 0 Å². The summed E-state index contributed by atoms with van der Waals surface area (Å²) in [6.45, 7) is 2.19. The number of carbonyl (C=O) groups is 1. The van der Waals surface area contributed by atoms with Gasteiger partial charge < -0.3 is 10.2 Å². The predicted molar refractivity (Wildman–Crippen MR) is 83.4 cm³/mol. The molecule has 1 aliphatic rings. The number of aliphatic hydroxyl groups excluding tert-OH is 1. The molecule has 0 bridgehead atoms. The number of carboxylic acid groups (broad SMARTS) is 1. The maximum absolute atomic E-state index is 10.5. The molecule has 115 valence electrons. The minimum atomic E-state index is -0.822. The molecule has 1 saturated carbocycles. The van der Waals surface area contributed by atoms with Crippen molar-refractivity contribution in [3.63, 3.8) is 0 Å². The van der Waals surface area contributed by atoms with E-state index in [0.717, 1.165) is 24.7 Å². The van der Waals surface area contributed by atoms with Gasteiger partial charge in [-0.2, -0.15) is 0 Å². The van der Waals surface area contributed by atoms with Gasteiger partial charge in [-0.3, -0.25) is 4.79 Å². The highest BCUT2D eigenvalue weighted by atomic mass is 16.4. The highest BCUT2D eigenvalue weighted by molar-refractivity contribution is 5.66. The SMILES string of the molecule is CCCCCCC#C[C]1[CH][CH][CH][C]1[C@@H](O)CCCC(=O)O. The first kappa shape index (κ1) is 18.0. The van der Waals surface area contributed by atoms with Crippen LogP contribution in [0.15, 0.2) is 0 Å². The Labute approximate surface area is 129 Å². The van der Waals surface area contributed by atoms with E-state index in [1.807, 2.05) is 19.3 Å². The third-order valence-corrected chi connectivity index (χ3v) is 3.46. The van der Waals surface area contributed by atoms with E-state index < -0.39 is 12.1 Å². The van der Waals surface area contributed by atoms with Gasteiger partial charge in [-0.05, 0) is 38.5 Å². The maximum atomic E-state index is 10.5. The van der Waals surface area contributed by atoms with Gasteiger partial charge in [0.2, 0.25) is 0 Å². The summed E-state index contributed by atoms with van der Waals surface area (Å²) in [5, 5.41) is 18.7. The molecule has 1 atom stereocenters. The largest absolute Gasteiger partial charge is 0.481 e. The molecule has 3 heteroatoms. The topological polar surface area (TPSA) is 57.5 Å². The number of aliphatic carboxylic acids is 1.